The van der Waals surface area contributed by atoms with Crippen molar-refractivity contribution in [1.29, 1.82) is 0 Å². The Hall–Kier alpha value is -3.28. The van der Waals surface area contributed by atoms with E-state index in [1.54, 1.807) is 11.0 Å². The fourth-order valence-corrected chi connectivity index (χ4v) is 4.14. The second kappa shape index (κ2) is 6.12. The summed E-state index contributed by atoms with van der Waals surface area (Å²) >= 11 is 0. The van der Waals surface area contributed by atoms with Gasteiger partial charge in [-0.25, -0.2) is 0 Å². The predicted molar refractivity (Wildman–Crippen MR) is 105 cm³/mol. The van der Waals surface area contributed by atoms with E-state index in [-0.39, 0.29) is 23.8 Å². The Morgan fingerprint density at radius 2 is 1.79 bits per heavy atom. The van der Waals surface area contributed by atoms with Crippen LogP contribution in [-0.2, 0) is 13.0 Å². The van der Waals surface area contributed by atoms with Crippen LogP contribution in [-0.4, -0.2) is 29.1 Å². The van der Waals surface area contributed by atoms with Crippen molar-refractivity contribution in [2.45, 2.75) is 26.8 Å². The highest BCUT2D eigenvalue weighted by atomic mass is 16.7. The molecule has 0 bridgehead atoms. The van der Waals surface area contributed by atoms with E-state index in [0.29, 0.717) is 18.8 Å². The van der Waals surface area contributed by atoms with Gasteiger partial charge in [-0.2, -0.15) is 0 Å². The molecule has 1 aromatic heterocycles. The standard InChI is InChI=1S/C22H20N2O4/c1-12-5-13(2)20-15(6-12)7-17(21(25)23-20)22(26)24-4-3-14-8-18-19(28-11-27-18)9-16(14)10-24/h5-9H,3-4,10-11H2,1-2H3,(H,23,25). The van der Waals surface area contributed by atoms with E-state index in [1.807, 2.05) is 38.1 Å². The first-order valence-corrected chi connectivity index (χ1v) is 9.34. The van der Waals surface area contributed by atoms with Gasteiger partial charge in [-0.3, -0.25) is 9.59 Å². The number of fused-ring (bicyclic) bond motifs is 3. The third-order valence-corrected chi connectivity index (χ3v) is 5.52. The maximum Gasteiger partial charge on any atom is 0.261 e. The molecule has 0 saturated carbocycles. The van der Waals surface area contributed by atoms with Gasteiger partial charge in [0.05, 0.1) is 5.52 Å². The molecule has 1 amide bonds. The van der Waals surface area contributed by atoms with E-state index in [4.69, 9.17) is 9.47 Å². The molecule has 5 rings (SSSR count). The number of aromatic amines is 1. The third kappa shape index (κ3) is 2.64. The average Bonchev–Trinajstić information content (AvgIpc) is 3.12. The van der Waals surface area contributed by atoms with Gasteiger partial charge in [-0.15, -0.1) is 0 Å². The molecule has 2 aromatic carbocycles. The minimum Gasteiger partial charge on any atom is -0.454 e. The number of rotatable bonds is 1. The lowest BCUT2D eigenvalue weighted by Gasteiger charge is -2.29. The summed E-state index contributed by atoms with van der Waals surface area (Å²) < 4.78 is 10.9. The zero-order valence-corrected chi connectivity index (χ0v) is 15.8. The van der Waals surface area contributed by atoms with Crippen LogP contribution in [0.4, 0.5) is 0 Å². The van der Waals surface area contributed by atoms with Gasteiger partial charge < -0.3 is 19.4 Å². The number of H-pyrrole nitrogens is 1. The fourth-order valence-electron chi connectivity index (χ4n) is 4.14. The first-order chi connectivity index (χ1) is 13.5. The van der Waals surface area contributed by atoms with E-state index in [1.165, 1.54) is 0 Å². The molecule has 0 unspecified atom stereocenters. The Morgan fingerprint density at radius 1 is 1.04 bits per heavy atom. The number of benzene rings is 2. The van der Waals surface area contributed by atoms with Gasteiger partial charge in [0.2, 0.25) is 6.79 Å². The molecule has 3 heterocycles. The molecule has 0 fully saturated rings. The lowest BCUT2D eigenvalue weighted by atomic mass is 9.98. The molecular weight excluding hydrogens is 356 g/mol. The summed E-state index contributed by atoms with van der Waals surface area (Å²) in [5, 5.41) is 0.876. The smallest absolute Gasteiger partial charge is 0.261 e. The van der Waals surface area contributed by atoms with E-state index in [0.717, 1.165) is 45.3 Å². The first kappa shape index (κ1) is 16.9. The number of nitrogens with one attached hydrogen (secondary N) is 1. The molecule has 3 aromatic rings. The molecule has 0 aliphatic carbocycles. The van der Waals surface area contributed by atoms with Crippen molar-refractivity contribution in [3.63, 3.8) is 0 Å². The van der Waals surface area contributed by atoms with Crippen molar-refractivity contribution >= 4 is 16.8 Å². The van der Waals surface area contributed by atoms with Crippen molar-refractivity contribution in [3.8, 4) is 11.5 Å². The SMILES string of the molecule is Cc1cc(C)c2[nH]c(=O)c(C(=O)N3CCc4cc5c(cc4C3)OCO5)cc2c1. The van der Waals surface area contributed by atoms with Crippen LogP contribution in [0.5, 0.6) is 11.5 Å². The van der Waals surface area contributed by atoms with Crippen LogP contribution in [0.25, 0.3) is 10.9 Å². The van der Waals surface area contributed by atoms with Crippen LogP contribution in [0, 0.1) is 13.8 Å². The summed E-state index contributed by atoms with van der Waals surface area (Å²) in [5.41, 5.74) is 4.90. The van der Waals surface area contributed by atoms with Crippen LogP contribution >= 0.6 is 0 Å². The number of carbonyl (C=O) groups excluding carboxylic acids is 1. The Kier molecular flexibility index (Phi) is 3.69. The summed E-state index contributed by atoms with van der Waals surface area (Å²) in [6.45, 7) is 5.21. The maximum absolute atomic E-state index is 13.1. The van der Waals surface area contributed by atoms with Crippen LogP contribution in [0.1, 0.15) is 32.6 Å². The summed E-state index contributed by atoms with van der Waals surface area (Å²) in [4.78, 5) is 30.4. The van der Waals surface area contributed by atoms with Gasteiger partial charge in [-0.05, 0) is 66.6 Å². The van der Waals surface area contributed by atoms with E-state index in [9.17, 15) is 9.59 Å². The van der Waals surface area contributed by atoms with Gasteiger partial charge in [0, 0.05) is 13.1 Å². The van der Waals surface area contributed by atoms with E-state index < -0.39 is 0 Å². The monoisotopic (exact) mass is 376 g/mol. The lowest BCUT2D eigenvalue weighted by Crippen LogP contribution is -2.38. The quantitative estimate of drug-likeness (QED) is 0.709. The number of amides is 1. The number of hydrogen-bond donors (Lipinski definition) is 1. The predicted octanol–water partition coefficient (Wildman–Crippen LogP) is 3.07. The van der Waals surface area contributed by atoms with E-state index in [2.05, 4.69) is 4.98 Å². The van der Waals surface area contributed by atoms with Gasteiger partial charge >= 0.3 is 0 Å². The topological polar surface area (TPSA) is 71.6 Å². The van der Waals surface area contributed by atoms with Crippen molar-refractivity contribution in [2.24, 2.45) is 0 Å². The van der Waals surface area contributed by atoms with E-state index >= 15 is 0 Å². The Balaban J connectivity index is 1.50. The largest absolute Gasteiger partial charge is 0.454 e. The molecule has 0 radical (unpaired) electrons. The molecule has 0 atom stereocenters. The van der Waals surface area contributed by atoms with Crippen LogP contribution < -0.4 is 15.0 Å². The normalized spacial score (nSPS) is 15.0. The highest BCUT2D eigenvalue weighted by Crippen LogP contribution is 2.36. The summed E-state index contributed by atoms with van der Waals surface area (Å²) in [6, 6.07) is 9.65. The Morgan fingerprint density at radius 3 is 2.57 bits per heavy atom. The molecule has 2 aliphatic heterocycles. The number of pyridine rings is 1. The molecule has 6 heteroatoms. The summed E-state index contributed by atoms with van der Waals surface area (Å²) in [5.74, 6) is 1.23. The number of nitrogens with zero attached hydrogens (tertiary/aromatic N) is 1. The molecule has 0 spiro atoms. The van der Waals surface area contributed by atoms with Crippen LogP contribution in [0.2, 0.25) is 0 Å². The van der Waals surface area contributed by atoms with Crippen molar-refractivity contribution in [3.05, 3.63) is 68.5 Å². The lowest BCUT2D eigenvalue weighted by molar-refractivity contribution is 0.0733. The van der Waals surface area contributed by atoms with Crippen LogP contribution in [0.3, 0.4) is 0 Å². The number of carbonyl (C=O) groups is 1. The zero-order chi connectivity index (χ0) is 19.4. The third-order valence-electron chi connectivity index (χ3n) is 5.52. The minimum absolute atomic E-state index is 0.182. The summed E-state index contributed by atoms with van der Waals surface area (Å²) in [7, 11) is 0. The molecule has 28 heavy (non-hydrogen) atoms. The van der Waals surface area contributed by atoms with Crippen molar-refractivity contribution in [1.82, 2.24) is 9.88 Å². The van der Waals surface area contributed by atoms with Gasteiger partial charge in [-0.1, -0.05) is 11.6 Å². The molecule has 6 nitrogen and oxygen atoms in total. The molecule has 1 N–H and O–H groups in total. The van der Waals surface area contributed by atoms with Crippen molar-refractivity contribution < 1.29 is 14.3 Å². The number of ether oxygens (including phenoxy) is 2. The number of aryl methyl sites for hydroxylation is 2. The highest BCUT2D eigenvalue weighted by Gasteiger charge is 2.26. The molecule has 0 saturated heterocycles. The average molecular weight is 376 g/mol. The first-order valence-electron chi connectivity index (χ1n) is 9.34. The number of aromatic nitrogens is 1. The second-order valence-corrected chi connectivity index (χ2v) is 7.51. The highest BCUT2D eigenvalue weighted by molar-refractivity contribution is 5.97. The molecule has 142 valence electrons. The zero-order valence-electron chi connectivity index (χ0n) is 15.8. The molecular formula is C22H20N2O4. The van der Waals surface area contributed by atoms with Crippen LogP contribution in [0.15, 0.2) is 35.1 Å². The maximum atomic E-state index is 13.1. The van der Waals surface area contributed by atoms with Gasteiger partial charge in [0.25, 0.3) is 11.5 Å². The Labute approximate surface area is 161 Å². The van der Waals surface area contributed by atoms with Crippen molar-refractivity contribution in [2.75, 3.05) is 13.3 Å². The second-order valence-electron chi connectivity index (χ2n) is 7.51. The minimum atomic E-state index is -0.346. The van der Waals surface area contributed by atoms with Gasteiger partial charge in [0.1, 0.15) is 5.56 Å². The fraction of sp³-hybridized carbons (Fsp3) is 0.273. The summed E-state index contributed by atoms with van der Waals surface area (Å²) in [6.07, 6.45) is 0.724. The molecule has 2 aliphatic rings. The Bertz CT molecular complexity index is 1200. The van der Waals surface area contributed by atoms with Gasteiger partial charge in [0.15, 0.2) is 11.5 Å². The number of hydrogen-bond acceptors (Lipinski definition) is 4.